The minimum absolute atomic E-state index is 0.0666. The predicted molar refractivity (Wildman–Crippen MR) is 131 cm³/mol. The van der Waals surface area contributed by atoms with Gasteiger partial charge in [0.2, 0.25) is 5.52 Å². The van der Waals surface area contributed by atoms with Crippen LogP contribution >= 0.6 is 11.3 Å². The minimum atomic E-state index is -4.02. The van der Waals surface area contributed by atoms with E-state index in [1.807, 2.05) is 25.1 Å². The molecule has 0 atom stereocenters. The number of hydrogen-bond donors (Lipinski definition) is 1. The van der Waals surface area contributed by atoms with Gasteiger partial charge in [0.05, 0.1) is 9.82 Å². The number of hydrogen-bond acceptors (Lipinski definition) is 5. The molecule has 4 rings (SSSR count). The highest BCUT2D eigenvalue weighted by Crippen LogP contribution is 2.22. The van der Waals surface area contributed by atoms with E-state index < -0.39 is 10.1 Å². The van der Waals surface area contributed by atoms with Crippen LogP contribution in [0.1, 0.15) is 23.1 Å². The molecule has 0 unspecified atom stereocenters. The Kier molecular flexibility index (Phi) is 7.70. The van der Waals surface area contributed by atoms with E-state index in [2.05, 4.69) is 29.7 Å². The first-order valence-electron chi connectivity index (χ1n) is 10.1. The van der Waals surface area contributed by atoms with Gasteiger partial charge in [0.1, 0.15) is 11.2 Å². The van der Waals surface area contributed by atoms with Gasteiger partial charge in [-0.15, -0.1) is 0 Å². The van der Waals surface area contributed by atoms with E-state index >= 15 is 0 Å². The van der Waals surface area contributed by atoms with Crippen LogP contribution in [0.3, 0.4) is 0 Å². The summed E-state index contributed by atoms with van der Waals surface area (Å²) in [7, 11) is -4.02. The summed E-state index contributed by atoms with van der Waals surface area (Å²) in [6.45, 7) is 4.88. The number of thiazole rings is 1. The monoisotopic (exact) mass is 483 g/mol. The molecule has 0 saturated carbocycles. The third kappa shape index (κ3) is 6.32. The second kappa shape index (κ2) is 10.5. The normalized spacial score (nSPS) is 11.4. The lowest BCUT2D eigenvalue weighted by atomic mass is 10.2. The second-order valence-electron chi connectivity index (χ2n) is 7.12. The second-order valence-corrected chi connectivity index (χ2v) is 9.61. The first kappa shape index (κ1) is 24.2. The third-order valence-electron chi connectivity index (χ3n) is 4.79. The number of nitro groups is 1. The number of aromatic nitrogens is 1. The van der Waals surface area contributed by atoms with E-state index in [4.69, 9.17) is 4.55 Å². The number of non-ortho nitro benzene ring substituents is 1. The molecule has 0 aliphatic carbocycles. The fraction of sp³-hybridized carbons (Fsp3) is 0.125. The van der Waals surface area contributed by atoms with Crippen molar-refractivity contribution in [1.82, 2.24) is 0 Å². The summed E-state index contributed by atoms with van der Waals surface area (Å²) in [5, 5.41) is 11.8. The summed E-state index contributed by atoms with van der Waals surface area (Å²) in [6.07, 6.45) is 4.05. The van der Waals surface area contributed by atoms with Gasteiger partial charge < -0.3 is 0 Å². The van der Waals surface area contributed by atoms with E-state index in [1.54, 1.807) is 35.6 Å². The van der Waals surface area contributed by atoms with Crippen LogP contribution in [0, 0.1) is 17.0 Å². The molecular formula is C24H23N2O5S2+. The summed E-state index contributed by atoms with van der Waals surface area (Å²) in [6, 6.07) is 20.9. The molecule has 0 aliphatic heterocycles. The molecule has 0 spiro atoms. The van der Waals surface area contributed by atoms with Gasteiger partial charge in [-0.05, 0) is 55.8 Å². The highest BCUT2D eigenvalue weighted by atomic mass is 32.2. The lowest BCUT2D eigenvalue weighted by Gasteiger charge is -1.95. The van der Waals surface area contributed by atoms with Crippen LogP contribution in [0.25, 0.3) is 22.4 Å². The van der Waals surface area contributed by atoms with Gasteiger partial charge in [0.15, 0.2) is 0 Å². The molecule has 1 heterocycles. The Labute approximate surface area is 196 Å². The zero-order chi connectivity index (χ0) is 24.0. The molecule has 0 fully saturated rings. The van der Waals surface area contributed by atoms with Crippen LogP contribution in [0.4, 0.5) is 5.69 Å². The Hall–Kier alpha value is -3.40. The molecule has 1 aromatic heterocycles. The summed E-state index contributed by atoms with van der Waals surface area (Å²) in [5.41, 5.74) is 3.25. The van der Waals surface area contributed by atoms with Crippen molar-refractivity contribution in [3.8, 4) is 0 Å². The molecule has 0 saturated heterocycles. The molecule has 4 aromatic rings. The number of aryl methyl sites for hydroxylation is 2. The van der Waals surface area contributed by atoms with Crippen molar-refractivity contribution in [2.45, 2.75) is 25.3 Å². The smallest absolute Gasteiger partial charge is 0.282 e. The molecule has 170 valence electrons. The van der Waals surface area contributed by atoms with Gasteiger partial charge in [-0.1, -0.05) is 41.2 Å². The highest BCUT2D eigenvalue weighted by molar-refractivity contribution is 7.85. The maximum atomic E-state index is 10.7. The Morgan fingerprint density at radius 3 is 2.21 bits per heavy atom. The zero-order valence-electron chi connectivity index (χ0n) is 18.1. The molecule has 0 bridgehead atoms. The van der Waals surface area contributed by atoms with Crippen LogP contribution < -0.4 is 4.57 Å². The molecular weight excluding hydrogens is 460 g/mol. The number of rotatable bonds is 5. The zero-order valence-corrected chi connectivity index (χ0v) is 19.7. The van der Waals surface area contributed by atoms with E-state index in [9.17, 15) is 18.5 Å². The van der Waals surface area contributed by atoms with Crippen molar-refractivity contribution in [3.63, 3.8) is 0 Å². The fourth-order valence-corrected chi connectivity index (χ4v) is 4.70. The maximum Gasteiger partial charge on any atom is 0.294 e. The Morgan fingerprint density at radius 1 is 1.00 bits per heavy atom. The molecule has 0 radical (unpaired) electrons. The van der Waals surface area contributed by atoms with Gasteiger partial charge >= 0.3 is 0 Å². The van der Waals surface area contributed by atoms with Crippen molar-refractivity contribution >= 4 is 49.5 Å². The largest absolute Gasteiger partial charge is 0.294 e. The molecule has 3 aromatic carbocycles. The number of para-hydroxylation sites is 1. The standard InChI is InChI=1S/C17H15N2O2S.C7H8O3S/c1-2-18-15-5-3-4-6-16(15)22-17(18)12-9-13-7-10-14(11-8-13)19(20)21;1-6-2-4-7(5-3-6)11(8,9)10/h3-12H,2H2,1H3;2-5H,1H3,(H,8,9,10)/q+1;. The quantitative estimate of drug-likeness (QED) is 0.174. The Morgan fingerprint density at radius 2 is 1.64 bits per heavy atom. The third-order valence-corrected chi connectivity index (χ3v) is 6.79. The van der Waals surface area contributed by atoms with Crippen LogP contribution in [0.15, 0.2) is 77.7 Å². The first-order chi connectivity index (χ1) is 15.7. The Balaban J connectivity index is 0.000000235. The lowest BCUT2D eigenvalue weighted by molar-refractivity contribution is -0.665. The topological polar surface area (TPSA) is 101 Å². The van der Waals surface area contributed by atoms with Gasteiger partial charge in [-0.2, -0.15) is 13.0 Å². The summed E-state index contributed by atoms with van der Waals surface area (Å²) >= 11 is 1.74. The number of fused-ring (bicyclic) bond motifs is 1. The van der Waals surface area contributed by atoms with E-state index in [1.165, 1.54) is 39.5 Å². The van der Waals surface area contributed by atoms with Gasteiger partial charge in [-0.25, -0.2) is 0 Å². The van der Waals surface area contributed by atoms with Crippen molar-refractivity contribution in [2.75, 3.05) is 0 Å². The van der Waals surface area contributed by atoms with Gasteiger partial charge in [-0.3, -0.25) is 14.7 Å². The molecule has 7 nitrogen and oxygen atoms in total. The first-order valence-corrected chi connectivity index (χ1v) is 12.3. The molecule has 0 amide bonds. The average Bonchev–Trinajstić information content (AvgIpc) is 3.15. The van der Waals surface area contributed by atoms with Crippen LogP contribution in [-0.4, -0.2) is 17.9 Å². The fourth-order valence-electron chi connectivity index (χ4n) is 3.09. The Bertz CT molecular complexity index is 1390. The molecule has 9 heteroatoms. The molecule has 33 heavy (non-hydrogen) atoms. The minimum Gasteiger partial charge on any atom is -0.282 e. The number of benzene rings is 3. The summed E-state index contributed by atoms with van der Waals surface area (Å²) < 4.78 is 33.1. The summed E-state index contributed by atoms with van der Waals surface area (Å²) in [4.78, 5) is 10.2. The van der Waals surface area contributed by atoms with E-state index in [-0.39, 0.29) is 15.5 Å². The number of nitro benzene ring substituents is 1. The van der Waals surface area contributed by atoms with Gasteiger partial charge in [0.25, 0.3) is 20.8 Å². The average molecular weight is 484 g/mol. The predicted octanol–water partition coefficient (Wildman–Crippen LogP) is 5.53. The van der Waals surface area contributed by atoms with Crippen LogP contribution in [-0.2, 0) is 16.7 Å². The van der Waals surface area contributed by atoms with Crippen LogP contribution in [0.5, 0.6) is 0 Å². The SMILES string of the molecule is CC[n+]1c(C=Cc2ccc([N+](=O)[O-])cc2)sc2ccccc21.Cc1ccc(S(=O)(=O)O)cc1. The van der Waals surface area contributed by atoms with Crippen molar-refractivity contribution in [2.24, 2.45) is 0 Å². The van der Waals surface area contributed by atoms with E-state index in [0.29, 0.717) is 0 Å². The lowest BCUT2D eigenvalue weighted by Crippen LogP contribution is -2.33. The highest BCUT2D eigenvalue weighted by Gasteiger charge is 2.15. The number of nitrogens with zero attached hydrogens (tertiary/aromatic N) is 2. The van der Waals surface area contributed by atoms with Crippen LogP contribution in [0.2, 0.25) is 0 Å². The van der Waals surface area contributed by atoms with Gasteiger partial charge in [0, 0.05) is 24.3 Å². The molecule has 1 N–H and O–H groups in total. The summed E-state index contributed by atoms with van der Waals surface area (Å²) in [5.74, 6) is 0. The van der Waals surface area contributed by atoms with Crippen molar-refractivity contribution in [1.29, 1.82) is 0 Å². The van der Waals surface area contributed by atoms with E-state index in [0.717, 1.165) is 17.7 Å². The van der Waals surface area contributed by atoms with Crippen molar-refractivity contribution < 1.29 is 22.5 Å². The molecule has 0 aliphatic rings. The van der Waals surface area contributed by atoms with Crippen molar-refractivity contribution in [3.05, 3.63) is 99.0 Å². The maximum absolute atomic E-state index is 10.7.